The third kappa shape index (κ3) is 2.67. The summed E-state index contributed by atoms with van der Waals surface area (Å²) in [6.45, 7) is 0. The van der Waals surface area contributed by atoms with E-state index < -0.39 is 0 Å². The van der Waals surface area contributed by atoms with E-state index in [0.29, 0.717) is 5.88 Å². The minimum absolute atomic E-state index is 0.167. The average Bonchev–Trinajstić information content (AvgIpc) is 1.65. The van der Waals surface area contributed by atoms with Gasteiger partial charge in [-0.05, 0) is 0 Å². The highest BCUT2D eigenvalue weighted by Crippen LogP contribution is 1.95. The van der Waals surface area contributed by atoms with Gasteiger partial charge in [0.2, 0.25) is 0 Å². The molecule has 0 aromatic rings. The standard InChI is InChI=1S/C3H4BrClO/c4-3(1-5)2-6/h2-3H,1H2/t3-/m1/s1. The number of rotatable bonds is 2. The van der Waals surface area contributed by atoms with Crippen molar-refractivity contribution < 1.29 is 4.79 Å². The van der Waals surface area contributed by atoms with Crippen LogP contribution in [0.3, 0.4) is 0 Å². The molecule has 1 nitrogen and oxygen atoms in total. The lowest BCUT2D eigenvalue weighted by atomic mass is 10.6. The van der Waals surface area contributed by atoms with Crippen molar-refractivity contribution >= 4 is 33.8 Å². The Bertz CT molecular complexity index is 48.1. The Hall–Kier alpha value is 0.440. The van der Waals surface area contributed by atoms with Crippen LogP contribution in [-0.2, 0) is 4.79 Å². The molecule has 0 aliphatic heterocycles. The van der Waals surface area contributed by atoms with Gasteiger partial charge < -0.3 is 4.79 Å². The fourth-order valence-electron chi connectivity index (χ4n) is 0.0364. The van der Waals surface area contributed by atoms with Crippen molar-refractivity contribution in [3.8, 4) is 0 Å². The van der Waals surface area contributed by atoms with Gasteiger partial charge in [0.05, 0.1) is 4.83 Å². The fourth-order valence-corrected chi connectivity index (χ4v) is 0.109. The van der Waals surface area contributed by atoms with Crippen molar-refractivity contribution in [1.82, 2.24) is 0 Å². The Labute approximate surface area is 49.8 Å². The number of aldehydes is 1. The Morgan fingerprint density at radius 2 is 2.50 bits per heavy atom. The van der Waals surface area contributed by atoms with Crippen molar-refractivity contribution in [1.29, 1.82) is 0 Å². The molecule has 0 heterocycles. The highest BCUT2D eigenvalue weighted by atomic mass is 79.9. The summed E-state index contributed by atoms with van der Waals surface area (Å²) in [6, 6.07) is 0. The van der Waals surface area contributed by atoms with Crippen molar-refractivity contribution in [2.24, 2.45) is 0 Å². The predicted molar refractivity (Wildman–Crippen MR) is 29.5 cm³/mol. The molecule has 0 aromatic heterocycles. The Balaban J connectivity index is 2.96. The molecule has 0 aromatic carbocycles. The first-order valence-corrected chi connectivity index (χ1v) is 2.91. The fraction of sp³-hybridized carbons (Fsp3) is 0.667. The molecule has 0 aliphatic rings. The third-order valence-corrected chi connectivity index (χ3v) is 1.54. The molecule has 0 aliphatic carbocycles. The molecule has 0 unspecified atom stereocenters. The molecule has 0 spiro atoms. The maximum Gasteiger partial charge on any atom is 0.134 e. The van der Waals surface area contributed by atoms with Crippen LogP contribution >= 0.6 is 27.5 Å². The van der Waals surface area contributed by atoms with E-state index in [4.69, 9.17) is 11.6 Å². The molecule has 0 fully saturated rings. The van der Waals surface area contributed by atoms with E-state index in [2.05, 4.69) is 15.9 Å². The number of alkyl halides is 2. The number of carbonyl (C=O) groups is 1. The van der Waals surface area contributed by atoms with E-state index in [0.717, 1.165) is 6.29 Å². The van der Waals surface area contributed by atoms with Gasteiger partial charge in [-0.3, -0.25) is 0 Å². The van der Waals surface area contributed by atoms with Crippen LogP contribution in [0.15, 0.2) is 0 Å². The van der Waals surface area contributed by atoms with Crippen LogP contribution in [0.25, 0.3) is 0 Å². The minimum atomic E-state index is -0.167. The van der Waals surface area contributed by atoms with Gasteiger partial charge in [-0.2, -0.15) is 0 Å². The van der Waals surface area contributed by atoms with Gasteiger partial charge in [0.15, 0.2) is 0 Å². The molecule has 6 heavy (non-hydrogen) atoms. The van der Waals surface area contributed by atoms with Gasteiger partial charge in [0.25, 0.3) is 0 Å². The molecule has 0 bridgehead atoms. The van der Waals surface area contributed by atoms with Crippen LogP contribution in [0.1, 0.15) is 0 Å². The molecule has 36 valence electrons. The Kier molecular flexibility index (Phi) is 3.89. The van der Waals surface area contributed by atoms with Crippen LogP contribution < -0.4 is 0 Å². The summed E-state index contributed by atoms with van der Waals surface area (Å²) in [5, 5.41) is 0. The number of halogens is 2. The topological polar surface area (TPSA) is 17.1 Å². The molecule has 0 saturated carbocycles. The second-order valence-corrected chi connectivity index (χ2v) is 2.29. The molecular formula is C3H4BrClO. The van der Waals surface area contributed by atoms with Crippen LogP contribution in [0, 0.1) is 0 Å². The highest BCUT2D eigenvalue weighted by Gasteiger charge is 1.93. The summed E-state index contributed by atoms with van der Waals surface area (Å²) in [7, 11) is 0. The lowest BCUT2D eigenvalue weighted by molar-refractivity contribution is -0.107. The summed E-state index contributed by atoms with van der Waals surface area (Å²) in [4.78, 5) is 9.44. The summed E-state index contributed by atoms with van der Waals surface area (Å²) < 4.78 is 0. The predicted octanol–water partition coefficient (Wildman–Crippen LogP) is 1.19. The van der Waals surface area contributed by atoms with Gasteiger partial charge in [-0.1, -0.05) is 15.9 Å². The maximum absolute atomic E-state index is 9.60. The molecule has 0 N–H and O–H groups in total. The van der Waals surface area contributed by atoms with Crippen LogP contribution in [0.5, 0.6) is 0 Å². The zero-order chi connectivity index (χ0) is 4.99. The van der Waals surface area contributed by atoms with E-state index >= 15 is 0 Å². The SMILES string of the molecule is O=C[C@H](Br)CCl. The van der Waals surface area contributed by atoms with Gasteiger partial charge in [0, 0.05) is 5.88 Å². The lowest BCUT2D eigenvalue weighted by Crippen LogP contribution is -1.98. The maximum atomic E-state index is 9.60. The normalized spacial score (nSPS) is 13.7. The summed E-state index contributed by atoms with van der Waals surface area (Å²) in [6.07, 6.45) is 0.757. The molecule has 0 rings (SSSR count). The minimum Gasteiger partial charge on any atom is -0.302 e. The van der Waals surface area contributed by atoms with Gasteiger partial charge >= 0.3 is 0 Å². The lowest BCUT2D eigenvalue weighted by Gasteiger charge is -1.85. The summed E-state index contributed by atoms with van der Waals surface area (Å²) in [5.41, 5.74) is 0. The molecule has 3 heteroatoms. The van der Waals surface area contributed by atoms with Crippen LogP contribution in [-0.4, -0.2) is 17.0 Å². The van der Waals surface area contributed by atoms with Gasteiger partial charge in [-0.25, -0.2) is 0 Å². The second-order valence-electron chi connectivity index (χ2n) is 0.806. The van der Waals surface area contributed by atoms with Crippen molar-refractivity contribution in [3.63, 3.8) is 0 Å². The van der Waals surface area contributed by atoms with E-state index in [1.54, 1.807) is 0 Å². The summed E-state index contributed by atoms with van der Waals surface area (Å²) >= 11 is 8.15. The molecular weight excluding hydrogens is 167 g/mol. The zero-order valence-electron chi connectivity index (χ0n) is 3.03. The number of carbonyl (C=O) groups excluding carboxylic acids is 1. The van der Waals surface area contributed by atoms with E-state index in [1.807, 2.05) is 0 Å². The summed E-state index contributed by atoms with van der Waals surface area (Å²) in [5.74, 6) is 0.351. The van der Waals surface area contributed by atoms with Crippen LogP contribution in [0.2, 0.25) is 0 Å². The number of hydrogen-bond acceptors (Lipinski definition) is 1. The monoisotopic (exact) mass is 170 g/mol. The van der Waals surface area contributed by atoms with Gasteiger partial charge in [-0.15, -0.1) is 11.6 Å². The van der Waals surface area contributed by atoms with Crippen molar-refractivity contribution in [2.75, 3.05) is 5.88 Å². The first-order chi connectivity index (χ1) is 2.81. The highest BCUT2D eigenvalue weighted by molar-refractivity contribution is 9.10. The molecule has 0 saturated heterocycles. The molecule has 0 amide bonds. The van der Waals surface area contributed by atoms with Crippen molar-refractivity contribution in [3.05, 3.63) is 0 Å². The zero-order valence-corrected chi connectivity index (χ0v) is 5.37. The van der Waals surface area contributed by atoms with E-state index in [9.17, 15) is 4.79 Å². The smallest absolute Gasteiger partial charge is 0.134 e. The number of hydrogen-bond donors (Lipinski definition) is 0. The quantitative estimate of drug-likeness (QED) is 0.451. The third-order valence-electron chi connectivity index (χ3n) is 0.295. The Morgan fingerprint density at radius 1 is 2.00 bits per heavy atom. The first kappa shape index (κ1) is 6.44. The van der Waals surface area contributed by atoms with Gasteiger partial charge in [0.1, 0.15) is 6.29 Å². The Morgan fingerprint density at radius 3 is 2.50 bits per heavy atom. The second kappa shape index (κ2) is 3.62. The average molecular weight is 171 g/mol. The van der Waals surface area contributed by atoms with Crippen molar-refractivity contribution in [2.45, 2.75) is 4.83 Å². The largest absolute Gasteiger partial charge is 0.302 e. The van der Waals surface area contributed by atoms with E-state index in [-0.39, 0.29) is 4.83 Å². The molecule has 1 atom stereocenters. The molecule has 0 radical (unpaired) electrons. The first-order valence-electron chi connectivity index (χ1n) is 1.46. The van der Waals surface area contributed by atoms with Crippen LogP contribution in [0.4, 0.5) is 0 Å². The van der Waals surface area contributed by atoms with E-state index in [1.165, 1.54) is 0 Å².